The Hall–Kier alpha value is -1.76. The number of halogens is 2. The molecule has 0 saturated heterocycles. The maximum atomic E-state index is 11.9. The van der Waals surface area contributed by atoms with E-state index < -0.39 is 5.56 Å². The summed E-state index contributed by atoms with van der Waals surface area (Å²) in [4.78, 5) is 20.6. The van der Waals surface area contributed by atoms with Gasteiger partial charge in [-0.25, -0.2) is 9.67 Å². The highest BCUT2D eigenvalue weighted by Crippen LogP contribution is 2.21. The number of thiazole rings is 1. The molecule has 0 aliphatic carbocycles. The van der Waals surface area contributed by atoms with Crippen LogP contribution in [0.15, 0.2) is 40.8 Å². The van der Waals surface area contributed by atoms with Crippen LogP contribution in [-0.2, 0) is 6.54 Å². The molecule has 0 aliphatic heterocycles. The summed E-state index contributed by atoms with van der Waals surface area (Å²) in [7, 11) is 0. The Labute approximate surface area is 133 Å². The zero-order chi connectivity index (χ0) is 14.8. The first-order valence-corrected chi connectivity index (χ1v) is 7.55. The molecule has 3 heterocycles. The molecule has 3 aromatic heterocycles. The molecule has 0 bridgehead atoms. The van der Waals surface area contributed by atoms with Crippen molar-refractivity contribution in [2.75, 3.05) is 0 Å². The second kappa shape index (κ2) is 5.93. The lowest BCUT2D eigenvalue weighted by molar-refractivity contribution is 0.631. The standard InChI is InChI=1S/C13H8Cl2N4OS/c14-9-5-17-19(13(20)11(9)15)6-8-7-21-12(18-8)10-3-1-2-4-16-10/h1-5,7H,6H2. The van der Waals surface area contributed by atoms with E-state index in [0.717, 1.165) is 10.7 Å². The summed E-state index contributed by atoms with van der Waals surface area (Å²) >= 11 is 13.0. The Morgan fingerprint density at radius 3 is 2.90 bits per heavy atom. The van der Waals surface area contributed by atoms with Crippen molar-refractivity contribution in [1.82, 2.24) is 19.7 Å². The fraction of sp³-hybridized carbons (Fsp3) is 0.0769. The summed E-state index contributed by atoms with van der Waals surface area (Å²) in [6.45, 7) is 0.235. The Morgan fingerprint density at radius 1 is 1.29 bits per heavy atom. The van der Waals surface area contributed by atoms with Gasteiger partial charge in [-0.2, -0.15) is 5.10 Å². The van der Waals surface area contributed by atoms with Crippen LogP contribution < -0.4 is 5.56 Å². The molecule has 0 aliphatic rings. The smallest absolute Gasteiger partial charge is 0.266 e. The quantitative estimate of drug-likeness (QED) is 0.736. The zero-order valence-electron chi connectivity index (χ0n) is 10.5. The number of aromatic nitrogens is 4. The predicted molar refractivity (Wildman–Crippen MR) is 83.0 cm³/mol. The first-order chi connectivity index (χ1) is 10.1. The summed E-state index contributed by atoms with van der Waals surface area (Å²) in [6.07, 6.45) is 3.05. The van der Waals surface area contributed by atoms with Crippen LogP contribution in [0.1, 0.15) is 5.69 Å². The summed E-state index contributed by atoms with van der Waals surface area (Å²) < 4.78 is 1.23. The number of nitrogens with zero attached hydrogens (tertiary/aromatic N) is 4. The molecule has 3 rings (SSSR count). The van der Waals surface area contributed by atoms with Gasteiger partial charge in [0.2, 0.25) is 0 Å². The van der Waals surface area contributed by atoms with Gasteiger partial charge in [-0.3, -0.25) is 9.78 Å². The maximum absolute atomic E-state index is 11.9. The molecule has 0 amide bonds. The number of hydrogen-bond donors (Lipinski definition) is 0. The van der Waals surface area contributed by atoms with Gasteiger partial charge in [0.05, 0.1) is 29.2 Å². The molecule has 106 valence electrons. The van der Waals surface area contributed by atoms with Gasteiger partial charge >= 0.3 is 0 Å². The van der Waals surface area contributed by atoms with Crippen LogP contribution in [0, 0.1) is 0 Å². The predicted octanol–water partition coefficient (Wildman–Crippen LogP) is 3.12. The minimum atomic E-state index is -0.434. The highest BCUT2D eigenvalue weighted by atomic mass is 35.5. The van der Waals surface area contributed by atoms with E-state index in [1.165, 1.54) is 22.2 Å². The second-order valence-electron chi connectivity index (χ2n) is 4.13. The van der Waals surface area contributed by atoms with Gasteiger partial charge in [0.15, 0.2) is 0 Å². The topological polar surface area (TPSA) is 60.7 Å². The molecule has 0 unspecified atom stereocenters. The molecule has 3 aromatic rings. The average molecular weight is 339 g/mol. The van der Waals surface area contributed by atoms with E-state index in [1.807, 2.05) is 23.6 Å². The van der Waals surface area contributed by atoms with Gasteiger partial charge in [0, 0.05) is 11.6 Å². The maximum Gasteiger partial charge on any atom is 0.287 e. The lowest BCUT2D eigenvalue weighted by Gasteiger charge is -2.03. The van der Waals surface area contributed by atoms with Crippen LogP contribution in [0.5, 0.6) is 0 Å². The third kappa shape index (κ3) is 2.97. The molecule has 0 radical (unpaired) electrons. The van der Waals surface area contributed by atoms with Gasteiger partial charge in [-0.1, -0.05) is 29.3 Å². The zero-order valence-corrected chi connectivity index (χ0v) is 12.9. The van der Waals surface area contributed by atoms with Crippen molar-refractivity contribution in [1.29, 1.82) is 0 Å². The highest BCUT2D eigenvalue weighted by Gasteiger charge is 2.10. The van der Waals surface area contributed by atoms with Gasteiger partial charge in [0.1, 0.15) is 10.0 Å². The van der Waals surface area contributed by atoms with Crippen molar-refractivity contribution >= 4 is 34.5 Å². The van der Waals surface area contributed by atoms with Gasteiger partial charge in [-0.05, 0) is 12.1 Å². The molecule has 0 spiro atoms. The van der Waals surface area contributed by atoms with Crippen LogP contribution in [0.2, 0.25) is 10.0 Å². The summed E-state index contributed by atoms with van der Waals surface area (Å²) in [6, 6.07) is 5.62. The minimum Gasteiger partial charge on any atom is -0.266 e. The van der Waals surface area contributed by atoms with E-state index in [2.05, 4.69) is 15.1 Å². The van der Waals surface area contributed by atoms with Crippen LogP contribution in [0.25, 0.3) is 10.7 Å². The van der Waals surface area contributed by atoms with E-state index in [9.17, 15) is 4.79 Å². The average Bonchev–Trinajstić information content (AvgIpc) is 2.97. The molecule has 0 saturated carbocycles. The molecule has 0 aromatic carbocycles. The van der Waals surface area contributed by atoms with Crippen LogP contribution >= 0.6 is 34.5 Å². The van der Waals surface area contributed by atoms with Crippen molar-refractivity contribution in [2.24, 2.45) is 0 Å². The Morgan fingerprint density at radius 2 is 2.14 bits per heavy atom. The van der Waals surface area contributed by atoms with E-state index in [-0.39, 0.29) is 16.6 Å². The van der Waals surface area contributed by atoms with Crippen molar-refractivity contribution < 1.29 is 0 Å². The number of rotatable bonds is 3. The molecule has 21 heavy (non-hydrogen) atoms. The Kier molecular flexibility index (Phi) is 4.01. The van der Waals surface area contributed by atoms with Crippen LogP contribution in [0.3, 0.4) is 0 Å². The number of pyridine rings is 1. The molecule has 0 N–H and O–H groups in total. The van der Waals surface area contributed by atoms with Crippen LogP contribution in [-0.4, -0.2) is 19.7 Å². The Balaban J connectivity index is 1.89. The van der Waals surface area contributed by atoms with E-state index in [4.69, 9.17) is 23.2 Å². The van der Waals surface area contributed by atoms with E-state index >= 15 is 0 Å². The van der Waals surface area contributed by atoms with Crippen molar-refractivity contribution in [2.45, 2.75) is 6.54 Å². The number of hydrogen-bond acceptors (Lipinski definition) is 5. The summed E-state index contributed by atoms with van der Waals surface area (Å²) in [5.74, 6) is 0. The first kappa shape index (κ1) is 14.2. The fourth-order valence-corrected chi connectivity index (χ4v) is 2.75. The summed E-state index contributed by atoms with van der Waals surface area (Å²) in [5, 5.41) is 6.71. The van der Waals surface area contributed by atoms with Crippen molar-refractivity contribution in [3.63, 3.8) is 0 Å². The van der Waals surface area contributed by atoms with Gasteiger partial charge in [0.25, 0.3) is 5.56 Å². The molecular weight excluding hydrogens is 331 g/mol. The molecule has 8 heteroatoms. The van der Waals surface area contributed by atoms with Crippen molar-refractivity contribution in [3.05, 3.63) is 62.1 Å². The SMILES string of the molecule is O=c1c(Cl)c(Cl)cnn1Cc1csc(-c2ccccn2)n1. The van der Waals surface area contributed by atoms with E-state index in [0.29, 0.717) is 5.69 Å². The molecule has 0 atom stereocenters. The lowest BCUT2D eigenvalue weighted by Crippen LogP contribution is -2.23. The third-order valence-electron chi connectivity index (χ3n) is 2.69. The van der Waals surface area contributed by atoms with Gasteiger partial charge < -0.3 is 0 Å². The summed E-state index contributed by atoms with van der Waals surface area (Å²) in [5.41, 5.74) is 1.08. The highest BCUT2D eigenvalue weighted by molar-refractivity contribution is 7.13. The third-order valence-corrected chi connectivity index (χ3v) is 4.35. The monoisotopic (exact) mass is 338 g/mol. The largest absolute Gasteiger partial charge is 0.287 e. The van der Waals surface area contributed by atoms with Crippen molar-refractivity contribution in [3.8, 4) is 10.7 Å². The van der Waals surface area contributed by atoms with E-state index in [1.54, 1.807) is 6.20 Å². The first-order valence-electron chi connectivity index (χ1n) is 5.92. The fourth-order valence-electron chi connectivity index (χ4n) is 1.70. The van der Waals surface area contributed by atoms with Crippen LogP contribution in [0.4, 0.5) is 0 Å². The normalized spacial score (nSPS) is 10.8. The van der Waals surface area contributed by atoms with Gasteiger partial charge in [-0.15, -0.1) is 11.3 Å². The molecule has 0 fully saturated rings. The molecule has 5 nitrogen and oxygen atoms in total. The Bertz CT molecular complexity index is 832. The molecular formula is C13H8Cl2N4OS. The second-order valence-corrected chi connectivity index (χ2v) is 5.77. The lowest BCUT2D eigenvalue weighted by atomic mass is 10.3. The minimum absolute atomic E-state index is 0.0353.